The number of rotatable bonds is 4. The maximum absolute atomic E-state index is 12.2. The van der Waals surface area contributed by atoms with Crippen molar-refractivity contribution in [2.75, 3.05) is 38.2 Å². The maximum Gasteiger partial charge on any atom is 0.410 e. The number of piperazine rings is 1. The summed E-state index contributed by atoms with van der Waals surface area (Å²) in [7, 11) is 1.32. The van der Waals surface area contributed by atoms with Crippen molar-refractivity contribution in [3.63, 3.8) is 0 Å². The Hall–Kier alpha value is -2.88. The van der Waals surface area contributed by atoms with Crippen molar-refractivity contribution >= 4 is 33.9 Å². The zero-order valence-electron chi connectivity index (χ0n) is 17.9. The lowest BCUT2D eigenvalue weighted by Crippen LogP contribution is -2.50. The molecule has 1 aliphatic heterocycles. The van der Waals surface area contributed by atoms with E-state index in [1.807, 2.05) is 25.7 Å². The van der Waals surface area contributed by atoms with E-state index in [2.05, 4.69) is 25.9 Å². The van der Waals surface area contributed by atoms with Crippen LogP contribution in [0.1, 0.15) is 31.1 Å². The number of benzene rings is 1. The highest BCUT2D eigenvalue weighted by Gasteiger charge is 2.27. The molecule has 0 N–H and O–H groups in total. The van der Waals surface area contributed by atoms with Gasteiger partial charge in [-0.3, -0.25) is 0 Å². The highest BCUT2D eigenvalue weighted by atomic mass is 79.9. The summed E-state index contributed by atoms with van der Waals surface area (Å²) in [5.41, 5.74) is -0.157. The van der Waals surface area contributed by atoms with Crippen molar-refractivity contribution in [2.24, 2.45) is 0 Å². The Morgan fingerprint density at radius 3 is 2.45 bits per heavy atom. The van der Waals surface area contributed by atoms with Crippen molar-refractivity contribution in [3.05, 3.63) is 40.5 Å². The third-order valence-corrected chi connectivity index (χ3v) is 5.05. The molecule has 9 nitrogen and oxygen atoms in total. The van der Waals surface area contributed by atoms with Gasteiger partial charge in [0.2, 0.25) is 11.8 Å². The van der Waals surface area contributed by atoms with Crippen LogP contribution < -0.4 is 9.64 Å². The highest BCUT2D eigenvalue weighted by molar-refractivity contribution is 9.10. The number of carbonyl (C=O) groups excluding carboxylic acids is 2. The van der Waals surface area contributed by atoms with Crippen LogP contribution in [0.25, 0.3) is 0 Å². The molecule has 10 heteroatoms. The minimum atomic E-state index is -0.525. The number of ether oxygens (including phenoxy) is 3. The highest BCUT2D eigenvalue weighted by Crippen LogP contribution is 2.30. The van der Waals surface area contributed by atoms with Gasteiger partial charge in [-0.2, -0.15) is 4.98 Å². The van der Waals surface area contributed by atoms with E-state index in [0.29, 0.717) is 53.8 Å². The summed E-state index contributed by atoms with van der Waals surface area (Å²) in [5.74, 6) is 0.815. The Morgan fingerprint density at radius 1 is 1.10 bits per heavy atom. The molecule has 1 aromatic heterocycles. The van der Waals surface area contributed by atoms with Crippen LogP contribution in [0, 0.1) is 0 Å². The number of hydrogen-bond acceptors (Lipinski definition) is 8. The molecular weight excluding hydrogens is 468 g/mol. The standard InChI is InChI=1S/C21H25BrN4O5/c1-21(2,3)31-20(28)26-11-9-25(10-12-26)19-23-8-7-17(24-19)30-16-13-14(18(27)29-4)5-6-15(16)22/h5-8,13H,9-12H2,1-4H3. The zero-order valence-corrected chi connectivity index (χ0v) is 19.5. The van der Waals surface area contributed by atoms with Gasteiger partial charge in [0, 0.05) is 38.4 Å². The molecule has 2 aromatic rings. The van der Waals surface area contributed by atoms with Crippen LogP contribution >= 0.6 is 15.9 Å². The number of nitrogens with zero attached hydrogens (tertiary/aromatic N) is 4. The van der Waals surface area contributed by atoms with E-state index < -0.39 is 11.6 Å². The van der Waals surface area contributed by atoms with E-state index >= 15 is 0 Å². The molecule has 1 aromatic carbocycles. The number of esters is 1. The van der Waals surface area contributed by atoms with Gasteiger partial charge in [-0.25, -0.2) is 14.6 Å². The topological polar surface area (TPSA) is 94.1 Å². The SMILES string of the molecule is COC(=O)c1ccc(Br)c(Oc2ccnc(N3CCN(C(=O)OC(C)(C)C)CC3)n2)c1. The van der Waals surface area contributed by atoms with Gasteiger partial charge in [0.15, 0.2) is 0 Å². The number of hydrogen-bond donors (Lipinski definition) is 0. The van der Waals surface area contributed by atoms with E-state index in [1.165, 1.54) is 7.11 Å². The summed E-state index contributed by atoms with van der Waals surface area (Å²) >= 11 is 3.41. The molecule has 31 heavy (non-hydrogen) atoms. The van der Waals surface area contributed by atoms with E-state index in [0.717, 1.165) is 0 Å². The Bertz CT molecular complexity index is 955. The monoisotopic (exact) mass is 492 g/mol. The molecule has 0 unspecified atom stereocenters. The normalized spacial score (nSPS) is 14.2. The van der Waals surface area contributed by atoms with Crippen molar-refractivity contribution in [1.82, 2.24) is 14.9 Å². The number of methoxy groups -OCH3 is 1. The third-order valence-electron chi connectivity index (χ3n) is 4.40. The van der Waals surface area contributed by atoms with Crippen LogP contribution in [-0.2, 0) is 9.47 Å². The average molecular weight is 493 g/mol. The first kappa shape index (κ1) is 22.8. The molecule has 1 amide bonds. The fourth-order valence-electron chi connectivity index (χ4n) is 2.90. The largest absolute Gasteiger partial charge is 0.465 e. The maximum atomic E-state index is 12.2. The summed E-state index contributed by atoms with van der Waals surface area (Å²) < 4.78 is 16.7. The summed E-state index contributed by atoms with van der Waals surface area (Å²) in [6.45, 7) is 7.71. The van der Waals surface area contributed by atoms with Gasteiger partial charge in [0.05, 0.1) is 17.1 Å². The lowest BCUT2D eigenvalue weighted by molar-refractivity contribution is 0.0240. The van der Waals surface area contributed by atoms with Gasteiger partial charge < -0.3 is 24.0 Å². The minimum Gasteiger partial charge on any atom is -0.465 e. The van der Waals surface area contributed by atoms with Gasteiger partial charge in [-0.05, 0) is 54.9 Å². The van der Waals surface area contributed by atoms with E-state index in [1.54, 1.807) is 35.4 Å². The first-order chi connectivity index (χ1) is 14.7. The van der Waals surface area contributed by atoms with Crippen LogP contribution in [0.3, 0.4) is 0 Å². The fraction of sp³-hybridized carbons (Fsp3) is 0.429. The molecule has 2 heterocycles. The summed E-state index contributed by atoms with van der Waals surface area (Å²) in [6, 6.07) is 6.56. The van der Waals surface area contributed by atoms with Gasteiger partial charge in [0.1, 0.15) is 11.4 Å². The molecule has 1 saturated heterocycles. The van der Waals surface area contributed by atoms with Crippen molar-refractivity contribution in [1.29, 1.82) is 0 Å². The molecule has 0 spiro atoms. The van der Waals surface area contributed by atoms with Crippen molar-refractivity contribution in [3.8, 4) is 11.6 Å². The van der Waals surface area contributed by atoms with Crippen molar-refractivity contribution < 1.29 is 23.8 Å². The van der Waals surface area contributed by atoms with Crippen LogP contribution in [0.2, 0.25) is 0 Å². The first-order valence-corrected chi connectivity index (χ1v) is 10.6. The lowest BCUT2D eigenvalue weighted by atomic mass is 10.2. The molecule has 0 saturated carbocycles. The summed E-state index contributed by atoms with van der Waals surface area (Å²) in [4.78, 5) is 36.5. The second-order valence-corrected chi connectivity index (χ2v) is 8.74. The van der Waals surface area contributed by atoms with Crippen LogP contribution in [0.5, 0.6) is 11.6 Å². The molecule has 0 atom stereocenters. The number of anilines is 1. The predicted molar refractivity (Wildman–Crippen MR) is 118 cm³/mol. The Labute approximate surface area is 189 Å². The van der Waals surface area contributed by atoms with Crippen LogP contribution in [0.15, 0.2) is 34.9 Å². The first-order valence-electron chi connectivity index (χ1n) is 9.78. The van der Waals surface area contributed by atoms with Crippen molar-refractivity contribution in [2.45, 2.75) is 26.4 Å². The molecule has 0 bridgehead atoms. The van der Waals surface area contributed by atoms with E-state index in [4.69, 9.17) is 14.2 Å². The van der Waals surface area contributed by atoms with E-state index in [-0.39, 0.29) is 6.09 Å². The number of aromatic nitrogens is 2. The molecule has 1 aliphatic rings. The number of halogens is 1. The summed E-state index contributed by atoms with van der Waals surface area (Å²) in [6.07, 6.45) is 1.29. The van der Waals surface area contributed by atoms with E-state index in [9.17, 15) is 9.59 Å². The zero-order chi connectivity index (χ0) is 22.6. The molecule has 166 valence electrons. The summed E-state index contributed by atoms with van der Waals surface area (Å²) in [5, 5.41) is 0. The van der Waals surface area contributed by atoms with Gasteiger partial charge in [-0.15, -0.1) is 0 Å². The fourth-order valence-corrected chi connectivity index (χ4v) is 3.22. The molecular formula is C21H25BrN4O5. The number of carbonyl (C=O) groups is 2. The smallest absolute Gasteiger partial charge is 0.410 e. The molecule has 1 fully saturated rings. The van der Waals surface area contributed by atoms with Gasteiger partial charge in [-0.1, -0.05) is 0 Å². The molecule has 0 aliphatic carbocycles. The van der Waals surface area contributed by atoms with Gasteiger partial charge >= 0.3 is 12.1 Å². The Balaban J connectivity index is 1.67. The second-order valence-electron chi connectivity index (χ2n) is 7.89. The van der Waals surface area contributed by atoms with Crippen LogP contribution in [-0.4, -0.2) is 65.8 Å². The average Bonchev–Trinajstić information content (AvgIpc) is 2.74. The molecule has 0 radical (unpaired) electrons. The van der Waals surface area contributed by atoms with Gasteiger partial charge in [0.25, 0.3) is 0 Å². The minimum absolute atomic E-state index is 0.319. The Kier molecular flexibility index (Phi) is 6.99. The molecule has 3 rings (SSSR count). The van der Waals surface area contributed by atoms with Crippen LogP contribution in [0.4, 0.5) is 10.7 Å². The number of amides is 1. The predicted octanol–water partition coefficient (Wildman–Crippen LogP) is 3.88. The Morgan fingerprint density at radius 2 is 1.81 bits per heavy atom. The quantitative estimate of drug-likeness (QED) is 0.593. The third kappa shape index (κ3) is 6.06. The second kappa shape index (κ2) is 9.51. The lowest BCUT2D eigenvalue weighted by Gasteiger charge is -2.35.